The number of benzene rings is 4. The second kappa shape index (κ2) is 11.1. The molecule has 0 spiro atoms. The Morgan fingerprint density at radius 1 is 0.295 bits per heavy atom. The fourth-order valence-electron chi connectivity index (χ4n) is 5.25. The Labute approximate surface area is 254 Å². The van der Waals surface area contributed by atoms with E-state index in [2.05, 4.69) is 0 Å². The first kappa shape index (κ1) is 31.9. The zero-order valence-electron chi connectivity index (χ0n) is 22.3. The number of hydrogen-bond acceptors (Lipinski definition) is 12. The second-order valence-corrected chi connectivity index (χ2v) is 16.0. The van der Waals surface area contributed by atoms with Gasteiger partial charge in [-0.25, -0.2) is 33.7 Å². The SMILES string of the molecule is O=S(=O)([O-])c1cc2cc(c1)Cc1cc(cc(S(=O)(=O)[O-])c1)Cc1cc(cc(S(=O)(=O)[O-])c1)Cc1cc(cc(S(=O)(=O)[O-])c1)C2. The molecule has 1 aliphatic rings. The second-order valence-electron chi connectivity index (χ2n) is 10.5. The minimum atomic E-state index is -4.98. The largest absolute Gasteiger partial charge is 0.744 e. The molecular weight excluding hydrogens is 657 g/mol. The summed E-state index contributed by atoms with van der Waals surface area (Å²) in [5.74, 6) is 0. The fraction of sp³-hybridized carbons (Fsp3) is 0.143. The molecule has 0 aromatic heterocycles. The van der Waals surface area contributed by atoms with Crippen LogP contribution in [0.25, 0.3) is 0 Å². The summed E-state index contributed by atoms with van der Waals surface area (Å²) in [5, 5.41) is 0. The number of hydrogen-bond donors (Lipinski definition) is 0. The van der Waals surface area contributed by atoms with E-state index >= 15 is 0 Å². The minimum absolute atomic E-state index is 0.146. The van der Waals surface area contributed by atoms with Crippen molar-refractivity contribution in [2.45, 2.75) is 45.3 Å². The van der Waals surface area contributed by atoms with Crippen molar-refractivity contribution in [3.8, 4) is 0 Å². The van der Waals surface area contributed by atoms with Crippen LogP contribution in [0, 0.1) is 0 Å². The van der Waals surface area contributed by atoms with Crippen LogP contribution in [0.5, 0.6) is 0 Å². The van der Waals surface area contributed by atoms with Crippen LogP contribution in [-0.4, -0.2) is 51.9 Å². The lowest BCUT2D eigenvalue weighted by atomic mass is 9.94. The van der Waals surface area contributed by atoms with Crippen molar-refractivity contribution in [1.82, 2.24) is 0 Å². The van der Waals surface area contributed by atoms with Gasteiger partial charge in [-0.05, 0) is 119 Å². The summed E-state index contributed by atoms with van der Waals surface area (Å²) in [6.45, 7) is 0. The molecule has 0 saturated carbocycles. The van der Waals surface area contributed by atoms with Crippen LogP contribution in [0.3, 0.4) is 0 Å². The molecule has 0 N–H and O–H groups in total. The average Bonchev–Trinajstić information content (AvgIpc) is 2.85. The predicted octanol–water partition coefficient (Wildman–Crippen LogP) is 1.98. The highest BCUT2D eigenvalue weighted by atomic mass is 32.2. The normalized spacial score (nSPS) is 14.3. The van der Waals surface area contributed by atoms with E-state index in [1.54, 1.807) is 0 Å². The highest BCUT2D eigenvalue weighted by molar-refractivity contribution is 7.86. The van der Waals surface area contributed by atoms with Gasteiger partial charge < -0.3 is 18.2 Å². The molecule has 0 fully saturated rings. The van der Waals surface area contributed by atoms with Gasteiger partial charge in [0.2, 0.25) is 0 Å². The third-order valence-corrected chi connectivity index (χ3v) is 10.1. The summed E-state index contributed by atoms with van der Waals surface area (Å²) in [5.41, 5.74) is 1.93. The molecule has 44 heavy (non-hydrogen) atoms. The van der Waals surface area contributed by atoms with Crippen LogP contribution in [-0.2, 0) is 66.2 Å². The van der Waals surface area contributed by atoms with Crippen LogP contribution in [0.2, 0.25) is 0 Å². The first-order valence-electron chi connectivity index (χ1n) is 12.6. The number of fused-ring (bicyclic) bond motifs is 8. The van der Waals surface area contributed by atoms with E-state index < -0.39 is 60.1 Å². The smallest absolute Gasteiger partial charge is 0.124 e. The Morgan fingerprint density at radius 3 is 0.545 bits per heavy atom. The third kappa shape index (κ3) is 7.59. The van der Waals surface area contributed by atoms with Gasteiger partial charge in [-0.15, -0.1) is 0 Å². The van der Waals surface area contributed by atoms with Gasteiger partial charge in [0.25, 0.3) is 0 Å². The summed E-state index contributed by atoms with van der Waals surface area (Å²) in [6.07, 6.45) is -0.583. The lowest BCUT2D eigenvalue weighted by Crippen LogP contribution is -2.07. The van der Waals surface area contributed by atoms with Crippen molar-refractivity contribution in [3.63, 3.8) is 0 Å². The molecule has 0 saturated heterocycles. The van der Waals surface area contributed by atoms with Crippen molar-refractivity contribution in [3.05, 3.63) is 117 Å². The summed E-state index contributed by atoms with van der Waals surface area (Å²) >= 11 is 0. The van der Waals surface area contributed by atoms with Crippen molar-refractivity contribution < 1.29 is 51.9 Å². The Kier molecular flexibility index (Phi) is 8.09. The van der Waals surface area contributed by atoms with Crippen molar-refractivity contribution in [2.24, 2.45) is 0 Å². The summed E-state index contributed by atoms with van der Waals surface area (Å²) in [4.78, 5) is -2.41. The lowest BCUT2D eigenvalue weighted by Gasteiger charge is -2.18. The molecule has 0 aliphatic heterocycles. The molecule has 12 nitrogen and oxygen atoms in total. The maximum Gasteiger partial charge on any atom is 0.124 e. The maximum atomic E-state index is 12.0. The van der Waals surface area contributed by atoms with Crippen LogP contribution in [0.15, 0.2) is 92.4 Å². The Bertz CT molecular complexity index is 1870. The van der Waals surface area contributed by atoms with Crippen molar-refractivity contribution in [2.75, 3.05) is 0 Å². The monoisotopic (exact) mass is 676 g/mol. The van der Waals surface area contributed by atoms with E-state index in [9.17, 15) is 51.9 Å². The van der Waals surface area contributed by atoms with Crippen LogP contribution in [0.4, 0.5) is 0 Å². The Morgan fingerprint density at radius 2 is 0.432 bits per heavy atom. The lowest BCUT2D eigenvalue weighted by molar-refractivity contribution is 0.460. The zero-order valence-corrected chi connectivity index (χ0v) is 25.6. The van der Waals surface area contributed by atoms with Gasteiger partial charge in [-0.1, -0.05) is 24.3 Å². The van der Waals surface area contributed by atoms with Crippen molar-refractivity contribution >= 4 is 40.5 Å². The van der Waals surface area contributed by atoms with Crippen LogP contribution < -0.4 is 0 Å². The van der Waals surface area contributed by atoms with E-state index in [1.165, 1.54) is 24.3 Å². The van der Waals surface area contributed by atoms with E-state index in [0.717, 1.165) is 48.5 Å². The summed E-state index contributed by atoms with van der Waals surface area (Å²) in [6, 6.07) is 14.8. The van der Waals surface area contributed by atoms with Gasteiger partial charge in [0.05, 0.1) is 19.6 Å². The summed E-state index contributed by atoms with van der Waals surface area (Å²) in [7, 11) is -19.9. The maximum absolute atomic E-state index is 12.0. The molecule has 0 heterocycles. The standard InChI is InChI=1S/C28H24O12S4/c29-41(30,31)25-9-17-1-18(10-25)6-20-3-22(14-27(12-20)43(35,36)37)8-24-4-23(15-28(16-24)44(38,39)40)7-21-2-19(5-17)11-26(13-21)42(32,33)34/h1-4,9-16H,5-8H2,(H,29,30,31)(H,32,33,34)(H,35,36,37)(H,38,39,40)/p-4. The highest BCUT2D eigenvalue weighted by Crippen LogP contribution is 2.28. The highest BCUT2D eigenvalue weighted by Gasteiger charge is 2.16. The molecule has 16 heteroatoms. The van der Waals surface area contributed by atoms with Gasteiger partial charge in [0.15, 0.2) is 0 Å². The fourth-order valence-corrected chi connectivity index (χ4v) is 7.62. The minimum Gasteiger partial charge on any atom is -0.744 e. The molecule has 0 amide bonds. The van der Waals surface area contributed by atoms with Gasteiger partial charge >= 0.3 is 0 Å². The molecule has 232 valence electrons. The summed E-state index contributed by atoms with van der Waals surface area (Å²) < 4.78 is 144. The van der Waals surface area contributed by atoms with E-state index in [4.69, 9.17) is 0 Å². The molecule has 0 unspecified atom stereocenters. The molecule has 4 aromatic carbocycles. The van der Waals surface area contributed by atoms with Crippen molar-refractivity contribution in [1.29, 1.82) is 0 Å². The molecule has 0 atom stereocenters. The first-order chi connectivity index (χ1) is 20.2. The average molecular weight is 677 g/mol. The molecule has 1 aliphatic carbocycles. The van der Waals surface area contributed by atoms with E-state index in [0.29, 0.717) is 0 Å². The molecule has 5 rings (SSSR count). The Hall–Kier alpha value is -3.48. The molecule has 8 bridgehead atoms. The van der Waals surface area contributed by atoms with Gasteiger partial charge in [0.1, 0.15) is 40.5 Å². The topological polar surface area (TPSA) is 229 Å². The van der Waals surface area contributed by atoms with E-state index in [1.807, 2.05) is 0 Å². The van der Waals surface area contributed by atoms with Gasteiger partial charge in [-0.2, -0.15) is 0 Å². The Balaban J connectivity index is 1.81. The van der Waals surface area contributed by atoms with E-state index in [-0.39, 0.29) is 70.2 Å². The zero-order chi connectivity index (χ0) is 32.2. The third-order valence-electron chi connectivity index (χ3n) is 6.89. The van der Waals surface area contributed by atoms with Crippen LogP contribution >= 0.6 is 0 Å². The number of rotatable bonds is 4. The molecule has 0 radical (unpaired) electrons. The van der Waals surface area contributed by atoms with Gasteiger partial charge in [-0.3, -0.25) is 0 Å². The quantitative estimate of drug-likeness (QED) is 0.249. The van der Waals surface area contributed by atoms with Crippen LogP contribution in [0.1, 0.15) is 44.5 Å². The molecular formula is C28H20O12S4-4. The first-order valence-corrected chi connectivity index (χ1v) is 18.2. The van der Waals surface area contributed by atoms with Gasteiger partial charge in [0, 0.05) is 0 Å². The molecule has 4 aromatic rings. The predicted molar refractivity (Wildman–Crippen MR) is 149 cm³/mol.